The van der Waals surface area contributed by atoms with Crippen molar-refractivity contribution >= 4 is 0 Å². The SMILES string of the molecule is CNCc1cn(-c2cccc(COC)c2)nn1. The fourth-order valence-corrected chi connectivity index (χ4v) is 1.64. The lowest BCUT2D eigenvalue weighted by atomic mass is 10.2. The lowest BCUT2D eigenvalue weighted by Gasteiger charge is -2.03. The van der Waals surface area contributed by atoms with Crippen LogP contribution in [0.4, 0.5) is 0 Å². The molecule has 90 valence electrons. The minimum Gasteiger partial charge on any atom is -0.380 e. The van der Waals surface area contributed by atoms with Crippen LogP contribution in [0.25, 0.3) is 5.69 Å². The lowest BCUT2D eigenvalue weighted by Crippen LogP contribution is -2.05. The normalized spacial score (nSPS) is 10.7. The largest absolute Gasteiger partial charge is 0.380 e. The maximum Gasteiger partial charge on any atom is 0.0969 e. The summed E-state index contributed by atoms with van der Waals surface area (Å²) in [5, 5.41) is 11.2. The summed E-state index contributed by atoms with van der Waals surface area (Å²) < 4.78 is 6.88. The fourth-order valence-electron chi connectivity index (χ4n) is 1.64. The first kappa shape index (κ1) is 11.8. The number of benzene rings is 1. The van der Waals surface area contributed by atoms with Crippen molar-refractivity contribution in [1.29, 1.82) is 0 Å². The molecule has 5 heteroatoms. The monoisotopic (exact) mass is 232 g/mol. The molecule has 5 nitrogen and oxygen atoms in total. The van der Waals surface area contributed by atoms with Crippen LogP contribution in [0.15, 0.2) is 30.5 Å². The molecule has 0 saturated heterocycles. The zero-order valence-electron chi connectivity index (χ0n) is 10.1. The van der Waals surface area contributed by atoms with E-state index in [1.165, 1.54) is 0 Å². The topological polar surface area (TPSA) is 52.0 Å². The van der Waals surface area contributed by atoms with Crippen LogP contribution in [0.1, 0.15) is 11.3 Å². The molecule has 0 aliphatic rings. The molecule has 0 atom stereocenters. The molecular formula is C12H16N4O. The summed E-state index contributed by atoms with van der Waals surface area (Å²) in [7, 11) is 3.57. The molecule has 0 saturated carbocycles. The van der Waals surface area contributed by atoms with Crippen molar-refractivity contribution in [3.05, 3.63) is 41.7 Å². The summed E-state index contributed by atoms with van der Waals surface area (Å²) in [4.78, 5) is 0. The molecule has 0 aliphatic heterocycles. The van der Waals surface area contributed by atoms with E-state index in [0.29, 0.717) is 6.61 Å². The third-order valence-electron chi connectivity index (χ3n) is 2.38. The minimum atomic E-state index is 0.603. The Hall–Kier alpha value is -1.72. The number of aromatic nitrogens is 3. The van der Waals surface area contributed by atoms with Crippen LogP contribution in [0.2, 0.25) is 0 Å². The first-order chi connectivity index (χ1) is 8.33. The summed E-state index contributed by atoms with van der Waals surface area (Å²) in [5.74, 6) is 0. The molecule has 0 fully saturated rings. The van der Waals surface area contributed by atoms with Crippen molar-refractivity contribution in [1.82, 2.24) is 20.3 Å². The van der Waals surface area contributed by atoms with Crippen LogP contribution in [0.5, 0.6) is 0 Å². The third-order valence-corrected chi connectivity index (χ3v) is 2.38. The predicted octanol–water partition coefficient (Wildman–Crippen LogP) is 1.13. The van der Waals surface area contributed by atoms with E-state index in [9.17, 15) is 0 Å². The second-order valence-corrected chi connectivity index (χ2v) is 3.79. The Labute approximate surface area is 100 Å². The van der Waals surface area contributed by atoms with E-state index in [2.05, 4.69) is 15.6 Å². The van der Waals surface area contributed by atoms with Crippen LogP contribution >= 0.6 is 0 Å². The smallest absolute Gasteiger partial charge is 0.0969 e. The number of nitrogens with zero attached hydrogens (tertiary/aromatic N) is 3. The predicted molar refractivity (Wildman–Crippen MR) is 64.8 cm³/mol. The van der Waals surface area contributed by atoms with Crippen molar-refractivity contribution in [3.63, 3.8) is 0 Å². The standard InChI is InChI=1S/C12H16N4O/c1-13-7-11-8-16(15-14-11)12-5-3-4-10(6-12)9-17-2/h3-6,8,13H,7,9H2,1-2H3. The molecule has 1 N–H and O–H groups in total. The van der Waals surface area contributed by atoms with Crippen LogP contribution in [-0.4, -0.2) is 29.2 Å². The summed E-state index contributed by atoms with van der Waals surface area (Å²) in [6, 6.07) is 8.06. The van der Waals surface area contributed by atoms with E-state index >= 15 is 0 Å². The van der Waals surface area contributed by atoms with Gasteiger partial charge in [0.25, 0.3) is 0 Å². The maximum absolute atomic E-state index is 5.11. The van der Waals surface area contributed by atoms with Crippen LogP contribution < -0.4 is 5.32 Å². The van der Waals surface area contributed by atoms with E-state index in [0.717, 1.165) is 23.5 Å². The number of rotatable bonds is 5. The summed E-state index contributed by atoms with van der Waals surface area (Å²) in [6.45, 7) is 1.32. The van der Waals surface area contributed by atoms with E-state index in [1.807, 2.05) is 37.5 Å². The van der Waals surface area contributed by atoms with E-state index in [4.69, 9.17) is 4.74 Å². The van der Waals surface area contributed by atoms with Gasteiger partial charge >= 0.3 is 0 Å². The molecule has 0 bridgehead atoms. The van der Waals surface area contributed by atoms with Gasteiger partial charge in [-0.1, -0.05) is 17.3 Å². The Balaban J connectivity index is 2.22. The highest BCUT2D eigenvalue weighted by molar-refractivity contribution is 5.34. The van der Waals surface area contributed by atoms with Crippen molar-refractivity contribution in [3.8, 4) is 5.69 Å². The second kappa shape index (κ2) is 5.56. The number of nitrogens with one attached hydrogen (secondary N) is 1. The summed E-state index contributed by atoms with van der Waals surface area (Å²) in [5.41, 5.74) is 3.04. The Morgan fingerprint density at radius 1 is 1.41 bits per heavy atom. The molecule has 2 rings (SSSR count). The highest BCUT2D eigenvalue weighted by Crippen LogP contribution is 2.10. The molecule has 17 heavy (non-hydrogen) atoms. The van der Waals surface area contributed by atoms with Gasteiger partial charge in [0.15, 0.2) is 0 Å². The van der Waals surface area contributed by atoms with Gasteiger partial charge in [-0.25, -0.2) is 4.68 Å². The first-order valence-electron chi connectivity index (χ1n) is 5.47. The molecule has 0 radical (unpaired) electrons. The Bertz CT molecular complexity index is 481. The van der Waals surface area contributed by atoms with Gasteiger partial charge in [-0.05, 0) is 24.7 Å². The van der Waals surface area contributed by atoms with Gasteiger partial charge < -0.3 is 10.1 Å². The Morgan fingerprint density at radius 3 is 3.06 bits per heavy atom. The lowest BCUT2D eigenvalue weighted by molar-refractivity contribution is 0.185. The number of ether oxygens (including phenoxy) is 1. The van der Waals surface area contributed by atoms with Crippen LogP contribution in [-0.2, 0) is 17.9 Å². The fraction of sp³-hybridized carbons (Fsp3) is 0.333. The molecule has 0 aliphatic carbocycles. The van der Waals surface area contributed by atoms with Crippen molar-refractivity contribution in [2.75, 3.05) is 14.2 Å². The number of methoxy groups -OCH3 is 1. The molecule has 0 unspecified atom stereocenters. The Morgan fingerprint density at radius 2 is 2.29 bits per heavy atom. The zero-order valence-corrected chi connectivity index (χ0v) is 10.1. The quantitative estimate of drug-likeness (QED) is 0.839. The van der Waals surface area contributed by atoms with Gasteiger partial charge in [0.1, 0.15) is 0 Å². The minimum absolute atomic E-state index is 0.603. The van der Waals surface area contributed by atoms with Crippen molar-refractivity contribution in [2.24, 2.45) is 0 Å². The van der Waals surface area contributed by atoms with Crippen LogP contribution in [0.3, 0.4) is 0 Å². The molecule has 0 amide bonds. The summed E-state index contributed by atoms with van der Waals surface area (Å²) in [6.07, 6.45) is 1.92. The van der Waals surface area contributed by atoms with Gasteiger partial charge in [-0.2, -0.15) is 0 Å². The van der Waals surface area contributed by atoms with Crippen LogP contribution in [0, 0.1) is 0 Å². The third kappa shape index (κ3) is 2.89. The molecule has 1 heterocycles. The van der Waals surface area contributed by atoms with Gasteiger partial charge in [-0.3, -0.25) is 0 Å². The maximum atomic E-state index is 5.11. The zero-order chi connectivity index (χ0) is 12.1. The highest BCUT2D eigenvalue weighted by atomic mass is 16.5. The first-order valence-corrected chi connectivity index (χ1v) is 5.47. The second-order valence-electron chi connectivity index (χ2n) is 3.79. The van der Waals surface area contributed by atoms with Gasteiger partial charge in [0.2, 0.25) is 0 Å². The molecule has 1 aromatic heterocycles. The van der Waals surface area contributed by atoms with Crippen molar-refractivity contribution < 1.29 is 4.74 Å². The van der Waals surface area contributed by atoms with E-state index in [1.54, 1.807) is 11.8 Å². The average molecular weight is 232 g/mol. The molecule has 0 spiro atoms. The highest BCUT2D eigenvalue weighted by Gasteiger charge is 2.02. The number of hydrogen-bond acceptors (Lipinski definition) is 4. The molecule has 1 aromatic carbocycles. The van der Waals surface area contributed by atoms with Gasteiger partial charge in [0.05, 0.1) is 24.2 Å². The summed E-state index contributed by atoms with van der Waals surface area (Å²) >= 11 is 0. The van der Waals surface area contributed by atoms with Gasteiger partial charge in [0, 0.05) is 13.7 Å². The average Bonchev–Trinajstić information content (AvgIpc) is 2.79. The van der Waals surface area contributed by atoms with E-state index in [-0.39, 0.29) is 0 Å². The number of hydrogen-bond donors (Lipinski definition) is 1. The van der Waals surface area contributed by atoms with E-state index < -0.39 is 0 Å². The van der Waals surface area contributed by atoms with Crippen molar-refractivity contribution in [2.45, 2.75) is 13.2 Å². The molecular weight excluding hydrogens is 216 g/mol. The van der Waals surface area contributed by atoms with Gasteiger partial charge in [-0.15, -0.1) is 5.10 Å². The molecule has 2 aromatic rings. The Kier molecular flexibility index (Phi) is 3.85.